The fourth-order valence-electron chi connectivity index (χ4n) is 2.43. The first kappa shape index (κ1) is 15.1. The van der Waals surface area contributed by atoms with Crippen LogP contribution in [-0.2, 0) is 0 Å². The van der Waals surface area contributed by atoms with E-state index >= 15 is 0 Å². The number of nitrogens with zero attached hydrogens (tertiary/aromatic N) is 2. The molecule has 5 nitrogen and oxygen atoms in total. The minimum atomic E-state index is -0.250. The SMILES string of the molecule is Nc1ccc(Br)nc1Nc1ccc(N2CCNCC2)c(F)c1. The third-order valence-electron chi connectivity index (χ3n) is 3.56. The second-order valence-corrected chi connectivity index (χ2v) is 5.91. The van der Waals surface area contributed by atoms with E-state index in [0.29, 0.717) is 27.5 Å². The monoisotopic (exact) mass is 365 g/mol. The van der Waals surface area contributed by atoms with Crippen molar-refractivity contribution in [3.8, 4) is 0 Å². The molecule has 0 saturated carbocycles. The summed E-state index contributed by atoms with van der Waals surface area (Å²) in [7, 11) is 0. The lowest BCUT2D eigenvalue weighted by Gasteiger charge is -2.29. The largest absolute Gasteiger partial charge is 0.396 e. The average molecular weight is 366 g/mol. The Morgan fingerprint density at radius 3 is 2.73 bits per heavy atom. The highest BCUT2D eigenvalue weighted by Crippen LogP contribution is 2.27. The summed E-state index contributed by atoms with van der Waals surface area (Å²) in [6, 6.07) is 8.60. The number of benzene rings is 1. The van der Waals surface area contributed by atoms with E-state index in [1.807, 2.05) is 11.0 Å². The predicted molar refractivity (Wildman–Crippen MR) is 91.1 cm³/mol. The maximum absolute atomic E-state index is 14.4. The zero-order valence-corrected chi connectivity index (χ0v) is 13.5. The zero-order chi connectivity index (χ0) is 15.5. The van der Waals surface area contributed by atoms with E-state index in [4.69, 9.17) is 5.73 Å². The quantitative estimate of drug-likeness (QED) is 0.729. The maximum atomic E-state index is 14.4. The molecular formula is C15H17BrFN5. The summed E-state index contributed by atoms with van der Waals surface area (Å²) in [6.07, 6.45) is 0. The van der Waals surface area contributed by atoms with Crippen LogP contribution in [0.15, 0.2) is 34.9 Å². The zero-order valence-electron chi connectivity index (χ0n) is 11.9. The average Bonchev–Trinajstić information content (AvgIpc) is 2.52. The van der Waals surface area contributed by atoms with E-state index in [1.165, 1.54) is 6.07 Å². The van der Waals surface area contributed by atoms with Crippen LogP contribution in [0.25, 0.3) is 0 Å². The third kappa shape index (κ3) is 3.31. The van der Waals surface area contributed by atoms with Crippen molar-refractivity contribution >= 4 is 38.8 Å². The lowest BCUT2D eigenvalue weighted by Crippen LogP contribution is -2.43. The minimum Gasteiger partial charge on any atom is -0.396 e. The number of hydrogen-bond donors (Lipinski definition) is 3. The van der Waals surface area contributed by atoms with Gasteiger partial charge in [-0.25, -0.2) is 9.37 Å². The van der Waals surface area contributed by atoms with Crippen LogP contribution in [0.2, 0.25) is 0 Å². The first-order valence-electron chi connectivity index (χ1n) is 7.08. The van der Waals surface area contributed by atoms with Crippen LogP contribution in [0, 0.1) is 5.82 Å². The van der Waals surface area contributed by atoms with Gasteiger partial charge >= 0.3 is 0 Å². The van der Waals surface area contributed by atoms with Gasteiger partial charge in [0, 0.05) is 31.9 Å². The number of halogens is 2. The Morgan fingerprint density at radius 1 is 1.23 bits per heavy atom. The van der Waals surface area contributed by atoms with Crippen LogP contribution < -0.4 is 21.3 Å². The molecule has 0 spiro atoms. The smallest absolute Gasteiger partial charge is 0.154 e. The van der Waals surface area contributed by atoms with E-state index < -0.39 is 0 Å². The molecule has 3 rings (SSSR count). The summed E-state index contributed by atoms with van der Waals surface area (Å²) in [5.41, 5.74) is 7.62. The maximum Gasteiger partial charge on any atom is 0.154 e. The van der Waals surface area contributed by atoms with Crippen molar-refractivity contribution < 1.29 is 4.39 Å². The first-order chi connectivity index (χ1) is 10.6. The summed E-state index contributed by atoms with van der Waals surface area (Å²) in [5, 5.41) is 6.30. The number of rotatable bonds is 3. The molecule has 1 aliphatic rings. The van der Waals surface area contributed by atoms with Crippen molar-refractivity contribution in [3.05, 3.63) is 40.8 Å². The molecule has 1 aromatic carbocycles. The summed E-state index contributed by atoms with van der Waals surface area (Å²) in [6.45, 7) is 3.36. The van der Waals surface area contributed by atoms with Crippen molar-refractivity contribution in [2.24, 2.45) is 0 Å². The normalized spacial score (nSPS) is 14.9. The molecule has 0 radical (unpaired) electrons. The second-order valence-electron chi connectivity index (χ2n) is 5.10. The number of nitrogens with two attached hydrogens (primary N) is 1. The minimum absolute atomic E-state index is 0.250. The molecule has 0 atom stereocenters. The van der Waals surface area contributed by atoms with E-state index in [9.17, 15) is 4.39 Å². The fourth-order valence-corrected chi connectivity index (χ4v) is 2.74. The second kappa shape index (κ2) is 6.50. The van der Waals surface area contributed by atoms with Crippen LogP contribution in [-0.4, -0.2) is 31.2 Å². The number of aromatic nitrogens is 1. The van der Waals surface area contributed by atoms with Gasteiger partial charge in [0.15, 0.2) is 5.82 Å². The van der Waals surface area contributed by atoms with Gasteiger partial charge in [-0.3, -0.25) is 0 Å². The van der Waals surface area contributed by atoms with Crippen molar-refractivity contribution in [2.45, 2.75) is 0 Å². The van der Waals surface area contributed by atoms with E-state index in [-0.39, 0.29) is 5.82 Å². The molecule has 4 N–H and O–H groups in total. The van der Waals surface area contributed by atoms with Gasteiger partial charge in [0.2, 0.25) is 0 Å². The Labute approximate surface area is 136 Å². The topological polar surface area (TPSA) is 66.2 Å². The molecule has 22 heavy (non-hydrogen) atoms. The summed E-state index contributed by atoms with van der Waals surface area (Å²) in [4.78, 5) is 6.29. The number of nitrogens with one attached hydrogen (secondary N) is 2. The van der Waals surface area contributed by atoms with Crippen LogP contribution in [0.4, 0.5) is 27.3 Å². The molecule has 7 heteroatoms. The van der Waals surface area contributed by atoms with Gasteiger partial charge < -0.3 is 21.3 Å². The molecule has 0 amide bonds. The van der Waals surface area contributed by atoms with Gasteiger partial charge in [-0.2, -0.15) is 0 Å². The molecule has 2 aromatic rings. The lowest BCUT2D eigenvalue weighted by atomic mass is 10.2. The van der Waals surface area contributed by atoms with E-state index in [0.717, 1.165) is 26.2 Å². The van der Waals surface area contributed by atoms with E-state index in [1.54, 1.807) is 18.2 Å². The molecule has 1 saturated heterocycles. The molecule has 116 valence electrons. The van der Waals surface area contributed by atoms with Gasteiger partial charge in [0.05, 0.1) is 11.4 Å². The lowest BCUT2D eigenvalue weighted by molar-refractivity contribution is 0.566. The number of pyridine rings is 1. The predicted octanol–water partition coefficient (Wildman–Crippen LogP) is 2.72. The first-order valence-corrected chi connectivity index (χ1v) is 7.87. The third-order valence-corrected chi connectivity index (χ3v) is 4.00. The number of anilines is 4. The van der Waals surface area contributed by atoms with E-state index in [2.05, 4.69) is 31.5 Å². The summed E-state index contributed by atoms with van der Waals surface area (Å²) >= 11 is 3.29. The Balaban J connectivity index is 1.81. The Morgan fingerprint density at radius 2 is 2.00 bits per heavy atom. The molecule has 0 bridgehead atoms. The van der Waals surface area contributed by atoms with Crippen molar-refractivity contribution in [1.82, 2.24) is 10.3 Å². The molecule has 2 heterocycles. The molecule has 0 aliphatic carbocycles. The van der Waals surface area contributed by atoms with Gasteiger partial charge in [-0.1, -0.05) is 0 Å². The van der Waals surface area contributed by atoms with Crippen molar-refractivity contribution in [1.29, 1.82) is 0 Å². The highest BCUT2D eigenvalue weighted by atomic mass is 79.9. The van der Waals surface area contributed by atoms with Crippen LogP contribution in [0.3, 0.4) is 0 Å². The summed E-state index contributed by atoms with van der Waals surface area (Å²) < 4.78 is 15.0. The summed E-state index contributed by atoms with van der Waals surface area (Å²) in [5.74, 6) is 0.254. The standard InChI is InChI=1S/C15H17BrFN5/c16-14-4-2-12(18)15(21-14)20-10-1-3-13(11(17)9-10)22-7-5-19-6-8-22/h1-4,9,19H,5-8,18H2,(H,20,21). The Hall–Kier alpha value is -1.86. The van der Waals surface area contributed by atoms with Gasteiger partial charge in [0.1, 0.15) is 10.4 Å². The van der Waals surface area contributed by atoms with Crippen LogP contribution in [0.1, 0.15) is 0 Å². The molecule has 1 aromatic heterocycles. The Bertz CT molecular complexity index is 673. The highest BCUT2D eigenvalue weighted by molar-refractivity contribution is 9.10. The van der Waals surface area contributed by atoms with Gasteiger partial charge in [-0.15, -0.1) is 0 Å². The van der Waals surface area contributed by atoms with Crippen molar-refractivity contribution in [3.63, 3.8) is 0 Å². The molecule has 1 fully saturated rings. The number of hydrogen-bond acceptors (Lipinski definition) is 5. The number of piperazine rings is 1. The molecular weight excluding hydrogens is 349 g/mol. The fraction of sp³-hybridized carbons (Fsp3) is 0.267. The van der Waals surface area contributed by atoms with Gasteiger partial charge in [0.25, 0.3) is 0 Å². The highest BCUT2D eigenvalue weighted by Gasteiger charge is 2.15. The number of nitrogen functional groups attached to an aromatic ring is 1. The van der Waals surface area contributed by atoms with Crippen LogP contribution in [0.5, 0.6) is 0 Å². The van der Waals surface area contributed by atoms with Crippen molar-refractivity contribution in [2.75, 3.05) is 42.1 Å². The molecule has 1 aliphatic heterocycles. The molecule has 0 unspecified atom stereocenters. The Kier molecular flexibility index (Phi) is 4.44. The van der Waals surface area contributed by atoms with Gasteiger partial charge in [-0.05, 0) is 46.3 Å². The van der Waals surface area contributed by atoms with Crippen LogP contribution >= 0.6 is 15.9 Å².